The van der Waals surface area contributed by atoms with Crippen LogP contribution in [0.1, 0.15) is 11.8 Å². The fourth-order valence-corrected chi connectivity index (χ4v) is 2.50. The molecule has 0 saturated heterocycles. The van der Waals surface area contributed by atoms with Gasteiger partial charge in [-0.3, -0.25) is 0 Å². The van der Waals surface area contributed by atoms with Gasteiger partial charge in [-0.1, -0.05) is 15.9 Å². The van der Waals surface area contributed by atoms with Crippen LogP contribution in [0.2, 0.25) is 0 Å². The largest absolute Gasteiger partial charge is 0.424 e. The predicted octanol–water partition coefficient (Wildman–Crippen LogP) is 1.62. The summed E-state index contributed by atoms with van der Waals surface area (Å²) >= 11 is 3.24. The number of aryl methyl sites for hydroxylation is 1. The van der Waals surface area contributed by atoms with Gasteiger partial charge in [0.15, 0.2) is 0 Å². The highest BCUT2D eigenvalue weighted by Crippen LogP contribution is 2.14. The third-order valence-electron chi connectivity index (χ3n) is 2.11. The van der Waals surface area contributed by atoms with Crippen molar-refractivity contribution in [2.45, 2.75) is 18.4 Å². The first-order chi connectivity index (χ1) is 8.47. The van der Waals surface area contributed by atoms with E-state index in [1.54, 1.807) is 19.1 Å². The number of benzene rings is 1. The molecule has 0 saturated carbocycles. The SMILES string of the molecule is Cc1nnc(CNS(=O)(=O)c2ccc(Br)cc2)o1. The first-order valence-corrected chi connectivity index (χ1v) is 7.29. The number of hydrogen-bond donors (Lipinski definition) is 1. The van der Waals surface area contributed by atoms with Crippen LogP contribution in [-0.4, -0.2) is 18.6 Å². The van der Waals surface area contributed by atoms with E-state index >= 15 is 0 Å². The number of hydrogen-bond acceptors (Lipinski definition) is 5. The Labute approximate surface area is 113 Å². The first-order valence-electron chi connectivity index (χ1n) is 5.01. The minimum atomic E-state index is -3.56. The maximum atomic E-state index is 11.9. The summed E-state index contributed by atoms with van der Waals surface area (Å²) in [5.74, 6) is 0.626. The molecule has 0 radical (unpaired) electrons. The van der Waals surface area contributed by atoms with Gasteiger partial charge < -0.3 is 4.42 Å². The number of nitrogens with zero attached hydrogens (tertiary/aromatic N) is 2. The van der Waals surface area contributed by atoms with Gasteiger partial charge in [0.1, 0.15) is 0 Å². The van der Waals surface area contributed by atoms with E-state index in [1.807, 2.05) is 0 Å². The Bertz CT molecular complexity index is 637. The zero-order valence-corrected chi connectivity index (χ0v) is 11.8. The summed E-state index contributed by atoms with van der Waals surface area (Å²) in [7, 11) is -3.56. The van der Waals surface area contributed by atoms with Crippen molar-refractivity contribution in [3.05, 3.63) is 40.5 Å². The van der Waals surface area contributed by atoms with Crippen LogP contribution < -0.4 is 4.72 Å². The molecule has 0 aliphatic heterocycles. The lowest BCUT2D eigenvalue weighted by molar-refractivity contribution is 0.460. The molecule has 6 nitrogen and oxygen atoms in total. The second-order valence-electron chi connectivity index (χ2n) is 3.49. The molecule has 0 aliphatic rings. The third kappa shape index (κ3) is 3.15. The Morgan fingerprint density at radius 3 is 2.50 bits per heavy atom. The molecule has 1 N–H and O–H groups in total. The molecule has 96 valence electrons. The summed E-state index contributed by atoms with van der Waals surface area (Å²) in [4.78, 5) is 0.182. The van der Waals surface area contributed by atoms with E-state index in [4.69, 9.17) is 4.42 Å². The molecule has 1 aromatic heterocycles. The normalized spacial score (nSPS) is 11.7. The quantitative estimate of drug-likeness (QED) is 0.920. The first kappa shape index (κ1) is 13.2. The fraction of sp³-hybridized carbons (Fsp3) is 0.200. The second kappa shape index (κ2) is 5.17. The van der Waals surface area contributed by atoms with Crippen LogP contribution in [0.25, 0.3) is 0 Å². The molecule has 8 heteroatoms. The zero-order chi connectivity index (χ0) is 13.2. The Balaban J connectivity index is 2.10. The molecule has 2 aromatic rings. The van der Waals surface area contributed by atoms with Gasteiger partial charge in [0.05, 0.1) is 11.4 Å². The molecule has 0 amide bonds. The van der Waals surface area contributed by atoms with Crippen molar-refractivity contribution < 1.29 is 12.8 Å². The fourth-order valence-electron chi connectivity index (χ4n) is 1.26. The molecular weight excluding hydrogens is 322 g/mol. The van der Waals surface area contributed by atoms with Crippen molar-refractivity contribution >= 4 is 26.0 Å². The van der Waals surface area contributed by atoms with E-state index in [0.29, 0.717) is 5.89 Å². The lowest BCUT2D eigenvalue weighted by atomic mass is 10.4. The highest BCUT2D eigenvalue weighted by molar-refractivity contribution is 9.10. The van der Waals surface area contributed by atoms with E-state index in [0.717, 1.165) is 4.47 Å². The molecule has 0 fully saturated rings. The number of halogens is 1. The number of sulfonamides is 1. The molecule has 0 spiro atoms. The van der Waals surface area contributed by atoms with Crippen molar-refractivity contribution in [1.29, 1.82) is 0 Å². The van der Waals surface area contributed by atoms with Crippen molar-refractivity contribution in [2.24, 2.45) is 0 Å². The molecule has 0 unspecified atom stereocenters. The standard InChI is InChI=1S/C10H10BrN3O3S/c1-7-13-14-10(17-7)6-12-18(15,16)9-4-2-8(11)3-5-9/h2-5,12H,6H2,1H3. The molecule has 2 rings (SSSR count). The van der Waals surface area contributed by atoms with Gasteiger partial charge in [-0.25, -0.2) is 13.1 Å². The number of rotatable bonds is 4. The average Bonchev–Trinajstić information content (AvgIpc) is 2.73. The highest BCUT2D eigenvalue weighted by Gasteiger charge is 2.14. The molecule has 0 atom stereocenters. The summed E-state index contributed by atoms with van der Waals surface area (Å²) in [6, 6.07) is 6.33. The summed E-state index contributed by atoms with van der Waals surface area (Å²) in [6.07, 6.45) is 0. The van der Waals surface area contributed by atoms with Gasteiger partial charge in [0, 0.05) is 11.4 Å². The van der Waals surface area contributed by atoms with Crippen LogP contribution >= 0.6 is 15.9 Å². The van der Waals surface area contributed by atoms with Crippen LogP contribution in [0.3, 0.4) is 0 Å². The summed E-state index contributed by atoms with van der Waals surface area (Å²) in [5, 5.41) is 7.32. The van der Waals surface area contributed by atoms with Gasteiger partial charge in [0.25, 0.3) is 0 Å². The van der Waals surface area contributed by atoms with Crippen LogP contribution in [0, 0.1) is 6.92 Å². The number of aromatic nitrogens is 2. The highest BCUT2D eigenvalue weighted by atomic mass is 79.9. The zero-order valence-electron chi connectivity index (χ0n) is 9.42. The van der Waals surface area contributed by atoms with Crippen LogP contribution in [-0.2, 0) is 16.6 Å². The van der Waals surface area contributed by atoms with Gasteiger partial charge in [-0.15, -0.1) is 10.2 Å². The summed E-state index contributed by atoms with van der Waals surface area (Å²) in [6.45, 7) is 1.61. The summed E-state index contributed by atoms with van der Waals surface area (Å²) < 4.78 is 32.1. The van der Waals surface area contributed by atoms with E-state index in [1.165, 1.54) is 12.1 Å². The average molecular weight is 332 g/mol. The van der Waals surface area contributed by atoms with Gasteiger partial charge in [0.2, 0.25) is 21.8 Å². The minimum Gasteiger partial charge on any atom is -0.424 e. The van der Waals surface area contributed by atoms with E-state index in [2.05, 4.69) is 30.8 Å². The van der Waals surface area contributed by atoms with Crippen molar-refractivity contribution in [2.75, 3.05) is 0 Å². The van der Waals surface area contributed by atoms with Crippen LogP contribution in [0.4, 0.5) is 0 Å². The lowest BCUT2D eigenvalue weighted by Gasteiger charge is -2.04. The van der Waals surface area contributed by atoms with E-state index in [-0.39, 0.29) is 17.3 Å². The predicted molar refractivity (Wildman–Crippen MR) is 67.2 cm³/mol. The maximum Gasteiger partial charge on any atom is 0.241 e. The van der Waals surface area contributed by atoms with Crippen LogP contribution in [0.5, 0.6) is 0 Å². The molecule has 1 heterocycles. The number of nitrogens with one attached hydrogen (secondary N) is 1. The minimum absolute atomic E-state index is 0.0285. The maximum absolute atomic E-state index is 11.9. The van der Waals surface area contributed by atoms with Crippen molar-refractivity contribution in [1.82, 2.24) is 14.9 Å². The van der Waals surface area contributed by atoms with E-state index in [9.17, 15) is 8.42 Å². The summed E-state index contributed by atoms with van der Waals surface area (Å²) in [5.41, 5.74) is 0. The Hall–Kier alpha value is -1.25. The Morgan fingerprint density at radius 2 is 1.94 bits per heavy atom. The van der Waals surface area contributed by atoms with Crippen molar-refractivity contribution in [3.63, 3.8) is 0 Å². The molecule has 0 bridgehead atoms. The van der Waals surface area contributed by atoms with E-state index < -0.39 is 10.0 Å². The smallest absolute Gasteiger partial charge is 0.241 e. The van der Waals surface area contributed by atoms with Crippen LogP contribution in [0.15, 0.2) is 38.1 Å². The van der Waals surface area contributed by atoms with Gasteiger partial charge in [-0.05, 0) is 24.3 Å². The molecule has 1 aromatic carbocycles. The molecule has 18 heavy (non-hydrogen) atoms. The third-order valence-corrected chi connectivity index (χ3v) is 4.05. The molecular formula is C10H10BrN3O3S. The Kier molecular flexibility index (Phi) is 3.79. The monoisotopic (exact) mass is 331 g/mol. The Morgan fingerprint density at radius 1 is 1.28 bits per heavy atom. The van der Waals surface area contributed by atoms with Gasteiger partial charge in [-0.2, -0.15) is 0 Å². The lowest BCUT2D eigenvalue weighted by Crippen LogP contribution is -2.23. The molecule has 0 aliphatic carbocycles. The topological polar surface area (TPSA) is 85.1 Å². The van der Waals surface area contributed by atoms with Crippen molar-refractivity contribution in [3.8, 4) is 0 Å². The second-order valence-corrected chi connectivity index (χ2v) is 6.18. The van der Waals surface area contributed by atoms with Gasteiger partial charge >= 0.3 is 0 Å².